The number of benzene rings is 2. The number of amides is 1. The maximum atomic E-state index is 12.6. The zero-order valence-electron chi connectivity index (χ0n) is 24.6. The second-order valence-electron chi connectivity index (χ2n) is 11.5. The van der Waals surface area contributed by atoms with Gasteiger partial charge in [-0.05, 0) is 76.1 Å². The van der Waals surface area contributed by atoms with Crippen LogP contribution < -0.4 is 10.1 Å². The molecule has 1 aliphatic heterocycles. The molecule has 0 bridgehead atoms. The number of carbonyl (C=O) groups is 1. The standard InChI is InChI=1S/C32H38N4O4S/c1-20-25-12-11-23(39-24-15-16-38-19-24)17-27(25)30(35-34-20)33-21(2)28-13-14-29(41-28)26-10-8-7-9-22(26)18-36(6)31(37)40-32(3,4)5/h7-14,17,21,24H,15-16,18-19H2,1-6H3,(H,33,35)/t21-,24?/m1/s1. The van der Waals surface area contributed by atoms with E-state index in [0.29, 0.717) is 13.2 Å². The first-order valence-electron chi connectivity index (χ1n) is 14.0. The Bertz CT molecular complexity index is 1520. The molecule has 1 saturated heterocycles. The van der Waals surface area contributed by atoms with E-state index in [9.17, 15) is 4.79 Å². The van der Waals surface area contributed by atoms with Crippen LogP contribution >= 0.6 is 11.3 Å². The van der Waals surface area contributed by atoms with Gasteiger partial charge in [0.2, 0.25) is 0 Å². The summed E-state index contributed by atoms with van der Waals surface area (Å²) in [5, 5.41) is 14.5. The van der Waals surface area contributed by atoms with Gasteiger partial charge in [0.1, 0.15) is 17.5 Å². The zero-order chi connectivity index (χ0) is 29.1. The molecule has 2 aromatic heterocycles. The Kier molecular flexibility index (Phi) is 8.47. The average Bonchev–Trinajstić information content (AvgIpc) is 3.62. The molecule has 216 valence electrons. The van der Waals surface area contributed by atoms with Gasteiger partial charge in [-0.1, -0.05) is 24.3 Å². The van der Waals surface area contributed by atoms with Gasteiger partial charge in [0.05, 0.1) is 24.9 Å². The summed E-state index contributed by atoms with van der Waals surface area (Å²) >= 11 is 1.72. The minimum Gasteiger partial charge on any atom is -0.488 e. The van der Waals surface area contributed by atoms with Crippen LogP contribution in [0.2, 0.25) is 0 Å². The van der Waals surface area contributed by atoms with E-state index in [0.717, 1.165) is 57.1 Å². The summed E-state index contributed by atoms with van der Waals surface area (Å²) in [7, 11) is 1.77. The monoisotopic (exact) mass is 574 g/mol. The Labute approximate surface area is 245 Å². The fraction of sp³-hybridized carbons (Fsp3) is 0.406. The minimum absolute atomic E-state index is 0.00152. The SMILES string of the molecule is Cc1nnc(N[C@H](C)c2ccc(-c3ccccc3CN(C)C(=O)OC(C)(C)C)s2)c2cc(OC3CCOC3)ccc12. The van der Waals surface area contributed by atoms with Crippen molar-refractivity contribution in [3.63, 3.8) is 0 Å². The van der Waals surface area contributed by atoms with Crippen LogP contribution in [-0.2, 0) is 16.0 Å². The molecule has 5 rings (SSSR count). The number of nitrogens with zero attached hydrogens (tertiary/aromatic N) is 3. The summed E-state index contributed by atoms with van der Waals surface area (Å²) in [5.41, 5.74) is 2.50. The normalized spacial score (nSPS) is 16.0. The molecular formula is C32H38N4O4S. The van der Waals surface area contributed by atoms with Crippen LogP contribution in [0.1, 0.15) is 56.3 Å². The highest BCUT2D eigenvalue weighted by Crippen LogP contribution is 2.36. The fourth-order valence-electron chi connectivity index (χ4n) is 4.81. The average molecular weight is 575 g/mol. The number of aromatic nitrogens is 2. The molecule has 9 heteroatoms. The Balaban J connectivity index is 1.34. The summed E-state index contributed by atoms with van der Waals surface area (Å²) in [4.78, 5) is 16.5. The van der Waals surface area contributed by atoms with Crippen molar-refractivity contribution in [1.82, 2.24) is 15.1 Å². The summed E-state index contributed by atoms with van der Waals surface area (Å²) in [5.74, 6) is 1.53. The summed E-state index contributed by atoms with van der Waals surface area (Å²) < 4.78 is 17.2. The van der Waals surface area contributed by atoms with Gasteiger partial charge in [-0.2, -0.15) is 5.10 Å². The van der Waals surface area contributed by atoms with Crippen molar-refractivity contribution in [2.24, 2.45) is 0 Å². The van der Waals surface area contributed by atoms with Crippen molar-refractivity contribution >= 4 is 34.0 Å². The molecule has 0 saturated carbocycles. The van der Waals surface area contributed by atoms with Crippen LogP contribution in [0.3, 0.4) is 0 Å². The third kappa shape index (κ3) is 6.97. The second-order valence-corrected chi connectivity index (χ2v) is 12.6. The number of hydrogen-bond donors (Lipinski definition) is 1. The first-order valence-corrected chi connectivity index (χ1v) is 14.8. The highest BCUT2D eigenvalue weighted by molar-refractivity contribution is 7.15. The summed E-state index contributed by atoms with van der Waals surface area (Å²) in [6, 6.07) is 18.5. The lowest BCUT2D eigenvalue weighted by atomic mass is 10.1. The minimum atomic E-state index is -0.538. The lowest BCUT2D eigenvalue weighted by Crippen LogP contribution is -2.33. The molecule has 3 heterocycles. The van der Waals surface area contributed by atoms with E-state index in [1.54, 1.807) is 23.3 Å². The van der Waals surface area contributed by atoms with Gasteiger partial charge in [-0.15, -0.1) is 16.4 Å². The quantitative estimate of drug-likeness (QED) is 0.235. The Morgan fingerprint density at radius 1 is 1.15 bits per heavy atom. The zero-order valence-corrected chi connectivity index (χ0v) is 25.4. The van der Waals surface area contributed by atoms with E-state index in [-0.39, 0.29) is 18.2 Å². The third-order valence-corrected chi connectivity index (χ3v) is 8.23. The number of fused-ring (bicyclic) bond motifs is 1. The molecule has 1 unspecified atom stereocenters. The maximum absolute atomic E-state index is 12.6. The molecule has 0 spiro atoms. The molecule has 1 N–H and O–H groups in total. The van der Waals surface area contributed by atoms with Crippen LogP contribution in [0.5, 0.6) is 5.75 Å². The first kappa shape index (κ1) is 28.8. The number of aryl methyl sites for hydroxylation is 1. The number of thiophene rings is 1. The van der Waals surface area contributed by atoms with Crippen molar-refractivity contribution in [2.45, 2.75) is 65.3 Å². The van der Waals surface area contributed by atoms with Crippen LogP contribution in [0, 0.1) is 6.92 Å². The Hall–Kier alpha value is -3.69. The van der Waals surface area contributed by atoms with E-state index in [2.05, 4.69) is 52.8 Å². The molecule has 1 aliphatic rings. The van der Waals surface area contributed by atoms with E-state index in [1.165, 1.54) is 4.88 Å². The van der Waals surface area contributed by atoms with Crippen LogP contribution in [-0.4, -0.2) is 53.2 Å². The highest BCUT2D eigenvalue weighted by Gasteiger charge is 2.22. The summed E-state index contributed by atoms with van der Waals surface area (Å²) in [6.07, 6.45) is 0.637. The molecule has 0 aliphatic carbocycles. The van der Waals surface area contributed by atoms with E-state index in [1.807, 2.05) is 52.0 Å². The van der Waals surface area contributed by atoms with Crippen molar-refractivity contribution in [2.75, 3.05) is 25.6 Å². The Morgan fingerprint density at radius 2 is 1.95 bits per heavy atom. The molecular weight excluding hydrogens is 536 g/mol. The molecule has 2 aromatic carbocycles. The van der Waals surface area contributed by atoms with Crippen LogP contribution in [0.25, 0.3) is 21.2 Å². The predicted octanol–water partition coefficient (Wildman–Crippen LogP) is 7.37. The van der Waals surface area contributed by atoms with Gasteiger partial charge >= 0.3 is 6.09 Å². The number of carbonyl (C=O) groups excluding carboxylic acids is 1. The molecule has 0 radical (unpaired) electrons. The lowest BCUT2D eigenvalue weighted by Gasteiger charge is -2.25. The number of rotatable bonds is 8. The van der Waals surface area contributed by atoms with Crippen LogP contribution in [0.4, 0.5) is 10.6 Å². The van der Waals surface area contributed by atoms with E-state index in [4.69, 9.17) is 14.2 Å². The first-order chi connectivity index (χ1) is 19.6. The summed E-state index contributed by atoms with van der Waals surface area (Å²) in [6.45, 7) is 11.5. The highest BCUT2D eigenvalue weighted by atomic mass is 32.1. The largest absolute Gasteiger partial charge is 0.488 e. The van der Waals surface area contributed by atoms with Crippen molar-refractivity contribution < 1.29 is 19.0 Å². The fourth-order valence-corrected chi connectivity index (χ4v) is 5.88. The molecule has 4 aromatic rings. The maximum Gasteiger partial charge on any atom is 0.410 e. The second kappa shape index (κ2) is 12.0. The molecule has 1 amide bonds. The number of ether oxygens (including phenoxy) is 3. The van der Waals surface area contributed by atoms with E-state index >= 15 is 0 Å². The molecule has 2 atom stereocenters. The van der Waals surface area contributed by atoms with Crippen molar-refractivity contribution in [3.8, 4) is 16.2 Å². The Morgan fingerprint density at radius 3 is 2.71 bits per heavy atom. The lowest BCUT2D eigenvalue weighted by molar-refractivity contribution is 0.0285. The molecule has 8 nitrogen and oxygen atoms in total. The van der Waals surface area contributed by atoms with Gasteiger partial charge in [-0.25, -0.2) is 4.79 Å². The van der Waals surface area contributed by atoms with Crippen molar-refractivity contribution in [3.05, 3.63) is 70.7 Å². The topological polar surface area (TPSA) is 85.8 Å². The number of nitrogens with one attached hydrogen (secondary N) is 1. The van der Waals surface area contributed by atoms with E-state index < -0.39 is 5.60 Å². The number of hydrogen-bond acceptors (Lipinski definition) is 8. The van der Waals surface area contributed by atoms with Gasteiger partial charge in [0, 0.05) is 40.5 Å². The van der Waals surface area contributed by atoms with Gasteiger partial charge in [-0.3, -0.25) is 0 Å². The molecule has 41 heavy (non-hydrogen) atoms. The van der Waals surface area contributed by atoms with Crippen LogP contribution in [0.15, 0.2) is 54.6 Å². The number of anilines is 1. The smallest absolute Gasteiger partial charge is 0.410 e. The third-order valence-electron chi connectivity index (χ3n) is 6.93. The van der Waals surface area contributed by atoms with Gasteiger partial charge in [0.25, 0.3) is 0 Å². The molecule has 1 fully saturated rings. The van der Waals surface area contributed by atoms with Gasteiger partial charge < -0.3 is 24.4 Å². The predicted molar refractivity (Wildman–Crippen MR) is 164 cm³/mol. The van der Waals surface area contributed by atoms with Gasteiger partial charge in [0.15, 0.2) is 5.82 Å². The van der Waals surface area contributed by atoms with Crippen molar-refractivity contribution in [1.29, 1.82) is 0 Å².